The van der Waals surface area contributed by atoms with E-state index in [2.05, 4.69) is 22.2 Å². The first-order valence-electron chi connectivity index (χ1n) is 10.7. The highest BCUT2D eigenvalue weighted by molar-refractivity contribution is 7.94. The van der Waals surface area contributed by atoms with Gasteiger partial charge in [0, 0.05) is 43.1 Å². The molecule has 0 saturated carbocycles. The molecule has 2 aromatic carbocycles. The van der Waals surface area contributed by atoms with Crippen molar-refractivity contribution in [1.82, 2.24) is 4.90 Å². The van der Waals surface area contributed by atoms with E-state index in [9.17, 15) is 18.0 Å². The van der Waals surface area contributed by atoms with Crippen molar-refractivity contribution in [2.24, 2.45) is 5.41 Å². The number of nitrogens with zero attached hydrogens (tertiary/aromatic N) is 3. The molecular weight excluding hydrogens is 464 g/mol. The summed E-state index contributed by atoms with van der Waals surface area (Å²) in [6.07, 6.45) is 0. The van der Waals surface area contributed by atoms with Crippen LogP contribution in [-0.4, -0.2) is 64.1 Å². The van der Waals surface area contributed by atoms with E-state index in [0.717, 1.165) is 36.2 Å². The molecule has 0 radical (unpaired) electrons. The summed E-state index contributed by atoms with van der Waals surface area (Å²) in [5.41, 5.74) is 0.831. The Balaban J connectivity index is 1.52. The van der Waals surface area contributed by atoms with Crippen molar-refractivity contribution in [1.29, 1.82) is 0 Å². The Morgan fingerprint density at radius 1 is 1.03 bits per heavy atom. The van der Waals surface area contributed by atoms with Gasteiger partial charge in [-0.3, -0.25) is 9.59 Å². The lowest BCUT2D eigenvalue weighted by molar-refractivity contribution is -0.123. The number of anilines is 3. The van der Waals surface area contributed by atoms with Crippen LogP contribution in [0.3, 0.4) is 0 Å². The normalized spacial score (nSPS) is 20.2. The van der Waals surface area contributed by atoms with Gasteiger partial charge in [0.15, 0.2) is 0 Å². The number of piperazine rings is 1. The number of sulfonamides is 1. The molecule has 2 aliphatic rings. The minimum absolute atomic E-state index is 0.00898. The smallest absolute Gasteiger partial charge is 0.255 e. The maximum absolute atomic E-state index is 12.9. The lowest BCUT2D eigenvalue weighted by atomic mass is 9.95. The molecule has 8 nitrogen and oxygen atoms in total. The second-order valence-corrected chi connectivity index (χ2v) is 11.4. The molecule has 4 rings (SSSR count). The molecule has 2 heterocycles. The maximum atomic E-state index is 12.9. The average Bonchev–Trinajstić information content (AvgIpc) is 2.92. The number of carbonyl (C=O) groups is 2. The zero-order valence-electron chi connectivity index (χ0n) is 18.8. The molecule has 2 fully saturated rings. The van der Waals surface area contributed by atoms with Crippen molar-refractivity contribution in [3.63, 3.8) is 0 Å². The zero-order chi connectivity index (χ0) is 24.0. The van der Waals surface area contributed by atoms with Gasteiger partial charge in [-0.15, -0.1) is 0 Å². The van der Waals surface area contributed by atoms with Crippen LogP contribution in [-0.2, 0) is 14.8 Å². The Hall–Kier alpha value is -2.62. The van der Waals surface area contributed by atoms with Crippen molar-refractivity contribution in [3.05, 3.63) is 53.1 Å². The Kier molecular flexibility index (Phi) is 6.15. The summed E-state index contributed by atoms with van der Waals surface area (Å²) >= 11 is 6.23. The second-order valence-electron chi connectivity index (χ2n) is 9.17. The number of benzene rings is 2. The Bertz CT molecular complexity index is 1190. The van der Waals surface area contributed by atoms with Crippen molar-refractivity contribution < 1.29 is 18.0 Å². The number of nitrogens with one attached hydrogen (secondary N) is 1. The molecule has 0 unspecified atom stereocenters. The van der Waals surface area contributed by atoms with Gasteiger partial charge in [-0.1, -0.05) is 11.6 Å². The van der Waals surface area contributed by atoms with Crippen LogP contribution in [0, 0.1) is 5.41 Å². The Labute approximate surface area is 199 Å². The minimum Gasteiger partial charge on any atom is -0.369 e. The Morgan fingerprint density at radius 3 is 2.24 bits per heavy atom. The molecule has 0 atom stereocenters. The van der Waals surface area contributed by atoms with Gasteiger partial charge in [-0.25, -0.2) is 12.7 Å². The summed E-state index contributed by atoms with van der Waals surface area (Å²) in [6.45, 7) is 7.05. The third kappa shape index (κ3) is 4.71. The first-order valence-corrected chi connectivity index (χ1v) is 12.7. The number of likely N-dealkylation sites (N-methyl/N-ethyl adjacent to an activating group) is 1. The van der Waals surface area contributed by atoms with Crippen molar-refractivity contribution in [3.8, 4) is 0 Å². The van der Waals surface area contributed by atoms with Gasteiger partial charge >= 0.3 is 0 Å². The van der Waals surface area contributed by atoms with E-state index in [1.54, 1.807) is 13.8 Å². The van der Waals surface area contributed by atoms with Crippen molar-refractivity contribution in [2.45, 2.75) is 13.8 Å². The van der Waals surface area contributed by atoms with Crippen LogP contribution >= 0.6 is 11.6 Å². The van der Waals surface area contributed by atoms with E-state index in [1.165, 1.54) is 18.2 Å². The largest absolute Gasteiger partial charge is 0.369 e. The van der Waals surface area contributed by atoms with Crippen LogP contribution in [0.25, 0.3) is 0 Å². The highest BCUT2D eigenvalue weighted by atomic mass is 35.5. The molecule has 1 N–H and O–H groups in total. The monoisotopic (exact) mass is 490 g/mol. The lowest BCUT2D eigenvalue weighted by Crippen LogP contribution is -2.44. The molecule has 33 heavy (non-hydrogen) atoms. The van der Waals surface area contributed by atoms with Gasteiger partial charge in [0.05, 0.1) is 21.9 Å². The quantitative estimate of drug-likeness (QED) is 0.708. The lowest BCUT2D eigenvalue weighted by Gasteiger charge is -2.34. The van der Waals surface area contributed by atoms with E-state index in [0.29, 0.717) is 5.69 Å². The number of rotatable bonds is 4. The van der Waals surface area contributed by atoms with Crippen molar-refractivity contribution in [2.75, 3.05) is 53.5 Å². The molecule has 2 saturated heterocycles. The van der Waals surface area contributed by atoms with Gasteiger partial charge in [0.1, 0.15) is 0 Å². The van der Waals surface area contributed by atoms with Gasteiger partial charge < -0.3 is 15.1 Å². The Morgan fingerprint density at radius 2 is 1.67 bits per heavy atom. The average molecular weight is 491 g/mol. The van der Waals surface area contributed by atoms with Crippen LogP contribution in [0.2, 0.25) is 5.02 Å². The van der Waals surface area contributed by atoms with E-state index in [4.69, 9.17) is 11.6 Å². The highest BCUT2D eigenvalue weighted by Crippen LogP contribution is 2.39. The summed E-state index contributed by atoms with van der Waals surface area (Å²) in [4.78, 5) is 30.2. The van der Waals surface area contributed by atoms with E-state index >= 15 is 0 Å². The molecule has 2 aromatic rings. The van der Waals surface area contributed by atoms with Gasteiger partial charge in [0.25, 0.3) is 5.91 Å². The topological polar surface area (TPSA) is 90.0 Å². The van der Waals surface area contributed by atoms with Gasteiger partial charge in [-0.2, -0.15) is 0 Å². The predicted molar refractivity (Wildman–Crippen MR) is 131 cm³/mol. The third-order valence-electron chi connectivity index (χ3n) is 6.01. The molecular formula is C23H27ClN4O4S. The first-order chi connectivity index (χ1) is 15.5. The minimum atomic E-state index is -3.88. The van der Waals surface area contributed by atoms with E-state index in [1.807, 2.05) is 24.3 Å². The molecule has 0 aromatic heterocycles. The van der Waals surface area contributed by atoms with Crippen LogP contribution < -0.4 is 14.5 Å². The second kappa shape index (κ2) is 8.62. The number of hydrogen-bond donors (Lipinski definition) is 1. The fourth-order valence-corrected chi connectivity index (χ4v) is 6.44. The van der Waals surface area contributed by atoms with Crippen LogP contribution in [0.5, 0.6) is 0 Å². The number of hydrogen-bond acceptors (Lipinski definition) is 6. The fraction of sp³-hybridized carbons (Fsp3) is 0.391. The molecule has 10 heteroatoms. The van der Waals surface area contributed by atoms with Crippen LogP contribution in [0.1, 0.15) is 24.2 Å². The van der Waals surface area contributed by atoms with Crippen molar-refractivity contribution >= 4 is 50.5 Å². The molecule has 176 valence electrons. The van der Waals surface area contributed by atoms with Crippen LogP contribution in [0.4, 0.5) is 17.1 Å². The van der Waals surface area contributed by atoms with Gasteiger partial charge in [0.2, 0.25) is 15.9 Å². The van der Waals surface area contributed by atoms with E-state index < -0.39 is 27.3 Å². The summed E-state index contributed by atoms with van der Waals surface area (Å²) in [5.74, 6) is -1.31. The molecule has 2 aliphatic heterocycles. The molecule has 2 amide bonds. The van der Waals surface area contributed by atoms with Crippen LogP contribution in [0.15, 0.2) is 42.5 Å². The number of carbonyl (C=O) groups excluding carboxylic acids is 2. The summed E-state index contributed by atoms with van der Waals surface area (Å²) in [7, 11) is -1.77. The molecule has 0 spiro atoms. The molecule has 0 aliphatic carbocycles. The SMILES string of the molecule is CN1CCN(c2ccc(NC(=O)c3ccc(Cl)c(N4C(=O)C(C)(C)CS4(=O)=O)c3)cc2)CC1. The highest BCUT2D eigenvalue weighted by Gasteiger charge is 2.50. The molecule has 0 bridgehead atoms. The number of halogens is 1. The number of amides is 2. The summed E-state index contributed by atoms with van der Waals surface area (Å²) < 4.78 is 26.0. The predicted octanol–water partition coefficient (Wildman–Crippen LogP) is 3.05. The third-order valence-corrected chi connectivity index (χ3v) is 8.33. The fourth-order valence-electron chi connectivity index (χ4n) is 4.08. The zero-order valence-corrected chi connectivity index (χ0v) is 20.4. The van der Waals surface area contributed by atoms with Gasteiger partial charge in [-0.05, 0) is 63.4 Å². The summed E-state index contributed by atoms with van der Waals surface area (Å²) in [6, 6.07) is 11.9. The summed E-state index contributed by atoms with van der Waals surface area (Å²) in [5, 5.41) is 2.90. The standard InChI is InChI=1S/C23H27ClN4O4S/c1-23(2)15-33(31,32)28(22(23)30)20-14-16(4-9-19(20)24)21(29)25-17-5-7-18(8-6-17)27-12-10-26(3)11-13-27/h4-9,14H,10-13,15H2,1-3H3,(H,25,29). The van der Waals surface area contributed by atoms with E-state index in [-0.39, 0.29) is 22.0 Å². The first kappa shape index (κ1) is 23.5. The maximum Gasteiger partial charge on any atom is 0.255 e.